The normalized spacial score (nSPS) is 19.1. The van der Waals surface area contributed by atoms with Crippen molar-refractivity contribution in [2.24, 2.45) is 0 Å². The molecule has 0 aliphatic carbocycles. The summed E-state index contributed by atoms with van der Waals surface area (Å²) in [4.78, 5) is 14.8. The number of aromatic nitrogens is 2. The van der Waals surface area contributed by atoms with Crippen molar-refractivity contribution in [3.63, 3.8) is 0 Å². The molecule has 0 radical (unpaired) electrons. The van der Waals surface area contributed by atoms with Gasteiger partial charge in [-0.15, -0.1) is 11.3 Å². The molecule has 3 rings (SSSR count). The number of nitrogens with zero attached hydrogens (tertiary/aromatic N) is 4. The van der Waals surface area contributed by atoms with Crippen molar-refractivity contribution >= 4 is 33.1 Å². The van der Waals surface area contributed by atoms with Crippen LogP contribution in [0.5, 0.6) is 0 Å². The smallest absolute Gasteiger partial charge is 0.132 e. The third-order valence-electron chi connectivity index (χ3n) is 3.95. The second kappa shape index (κ2) is 6.42. The van der Waals surface area contributed by atoms with Gasteiger partial charge in [-0.1, -0.05) is 0 Å². The highest BCUT2D eigenvalue weighted by molar-refractivity contribution is 9.10. The maximum atomic E-state index is 4.39. The number of anilines is 1. The first kappa shape index (κ1) is 14.9. The summed E-state index contributed by atoms with van der Waals surface area (Å²) < 4.78 is 1.19. The van der Waals surface area contributed by atoms with Gasteiger partial charge in [0.05, 0.1) is 0 Å². The van der Waals surface area contributed by atoms with Crippen LogP contribution < -0.4 is 4.90 Å². The van der Waals surface area contributed by atoms with Gasteiger partial charge in [0.15, 0.2) is 0 Å². The molecule has 1 fully saturated rings. The third-order valence-corrected chi connectivity index (χ3v) is 5.63. The van der Waals surface area contributed by atoms with Gasteiger partial charge in [-0.05, 0) is 35.3 Å². The van der Waals surface area contributed by atoms with Gasteiger partial charge >= 0.3 is 0 Å². The molecule has 0 N–H and O–H groups in total. The lowest BCUT2D eigenvalue weighted by atomic mass is 10.2. The fraction of sp³-hybridized carbons (Fsp3) is 0.467. The van der Waals surface area contributed by atoms with Crippen molar-refractivity contribution in [3.05, 3.63) is 38.9 Å². The molecule has 1 atom stereocenters. The van der Waals surface area contributed by atoms with E-state index in [1.165, 1.54) is 15.8 Å². The highest BCUT2D eigenvalue weighted by atomic mass is 79.9. The van der Waals surface area contributed by atoms with Crippen LogP contribution in [0.25, 0.3) is 0 Å². The average molecular weight is 367 g/mol. The molecule has 1 aliphatic rings. The lowest BCUT2D eigenvalue weighted by Crippen LogP contribution is -2.35. The monoisotopic (exact) mass is 366 g/mol. The lowest BCUT2D eigenvalue weighted by molar-refractivity contribution is 0.328. The summed E-state index contributed by atoms with van der Waals surface area (Å²) in [5.41, 5.74) is 1.02. The Morgan fingerprint density at radius 3 is 3.00 bits per heavy atom. The summed E-state index contributed by atoms with van der Waals surface area (Å²) in [6.07, 6.45) is 2.84. The minimum atomic E-state index is 0.530. The Labute approximate surface area is 138 Å². The maximum absolute atomic E-state index is 4.39. The van der Waals surface area contributed by atoms with Crippen LogP contribution in [0.1, 0.15) is 17.0 Å². The fourth-order valence-electron chi connectivity index (χ4n) is 2.75. The molecule has 0 spiro atoms. The van der Waals surface area contributed by atoms with E-state index in [4.69, 9.17) is 0 Å². The summed E-state index contributed by atoms with van der Waals surface area (Å²) in [5.74, 6) is 1.02. The first-order chi connectivity index (χ1) is 10.1. The molecule has 6 heteroatoms. The Bertz CT molecular complexity index is 615. The number of halogens is 1. The molecule has 0 bridgehead atoms. The van der Waals surface area contributed by atoms with Crippen molar-refractivity contribution < 1.29 is 0 Å². The van der Waals surface area contributed by atoms with Crippen molar-refractivity contribution in [1.29, 1.82) is 0 Å². The second-order valence-corrected chi connectivity index (χ2v) is 7.45. The summed E-state index contributed by atoms with van der Waals surface area (Å²) in [7, 11) is 2.14. The molecule has 4 nitrogen and oxygen atoms in total. The topological polar surface area (TPSA) is 32.3 Å². The van der Waals surface area contributed by atoms with Crippen LogP contribution in [0.15, 0.2) is 28.3 Å². The largest absolute Gasteiger partial charge is 0.355 e. The SMILES string of the molecule is Cc1cc(N(C)C2CCN(Cc3cc(Br)cs3)C2)ncn1. The average Bonchev–Trinajstić information content (AvgIpc) is 3.08. The second-order valence-electron chi connectivity index (χ2n) is 5.54. The molecular formula is C15H19BrN4S. The van der Waals surface area contributed by atoms with E-state index in [1.54, 1.807) is 6.33 Å². The van der Waals surface area contributed by atoms with E-state index in [0.717, 1.165) is 31.1 Å². The van der Waals surface area contributed by atoms with Crippen molar-refractivity contribution in [1.82, 2.24) is 14.9 Å². The first-order valence-electron chi connectivity index (χ1n) is 7.08. The molecule has 0 amide bonds. The van der Waals surface area contributed by atoms with E-state index in [1.807, 2.05) is 18.3 Å². The van der Waals surface area contributed by atoms with Crippen LogP contribution in [-0.4, -0.2) is 41.0 Å². The van der Waals surface area contributed by atoms with Crippen molar-refractivity contribution in [2.45, 2.75) is 25.9 Å². The predicted octanol–water partition coefficient (Wildman–Crippen LogP) is 3.32. The molecule has 0 saturated carbocycles. The molecule has 21 heavy (non-hydrogen) atoms. The number of aryl methyl sites for hydroxylation is 1. The quantitative estimate of drug-likeness (QED) is 0.830. The maximum Gasteiger partial charge on any atom is 0.132 e. The van der Waals surface area contributed by atoms with Gasteiger partial charge in [-0.2, -0.15) is 0 Å². The summed E-state index contributed by atoms with van der Waals surface area (Å²) >= 11 is 5.35. The molecular weight excluding hydrogens is 348 g/mol. The minimum Gasteiger partial charge on any atom is -0.355 e. The predicted molar refractivity (Wildman–Crippen MR) is 90.9 cm³/mol. The third kappa shape index (κ3) is 3.62. The lowest BCUT2D eigenvalue weighted by Gasteiger charge is -2.26. The number of rotatable bonds is 4. The van der Waals surface area contributed by atoms with Crippen LogP contribution in [0.3, 0.4) is 0 Å². The van der Waals surface area contributed by atoms with E-state index in [2.05, 4.69) is 60.3 Å². The van der Waals surface area contributed by atoms with Gasteiger partial charge in [0, 0.05) is 59.2 Å². The Kier molecular flexibility index (Phi) is 4.57. The van der Waals surface area contributed by atoms with Gasteiger partial charge < -0.3 is 4.90 Å². The molecule has 2 aromatic heterocycles. The van der Waals surface area contributed by atoms with E-state index >= 15 is 0 Å². The van der Waals surface area contributed by atoms with Gasteiger partial charge in [0.1, 0.15) is 12.1 Å². The Balaban J connectivity index is 1.61. The number of likely N-dealkylation sites (tertiary alicyclic amines) is 1. The number of hydrogen-bond acceptors (Lipinski definition) is 5. The van der Waals surface area contributed by atoms with E-state index in [-0.39, 0.29) is 0 Å². The zero-order valence-electron chi connectivity index (χ0n) is 12.3. The summed E-state index contributed by atoms with van der Waals surface area (Å²) in [6.45, 7) is 5.29. The molecule has 1 unspecified atom stereocenters. The molecule has 2 aromatic rings. The van der Waals surface area contributed by atoms with Gasteiger partial charge in [-0.25, -0.2) is 9.97 Å². The Morgan fingerprint density at radius 1 is 1.43 bits per heavy atom. The summed E-state index contributed by atoms with van der Waals surface area (Å²) in [6, 6.07) is 4.80. The highest BCUT2D eigenvalue weighted by Gasteiger charge is 2.26. The fourth-order valence-corrected chi connectivity index (χ4v) is 4.24. The van der Waals surface area contributed by atoms with Gasteiger partial charge in [0.25, 0.3) is 0 Å². The van der Waals surface area contributed by atoms with E-state index in [0.29, 0.717) is 6.04 Å². The van der Waals surface area contributed by atoms with Crippen LogP contribution in [0.2, 0.25) is 0 Å². The Hall–Kier alpha value is -0.980. The Morgan fingerprint density at radius 2 is 2.29 bits per heavy atom. The number of thiophene rings is 1. The van der Waals surface area contributed by atoms with Crippen molar-refractivity contribution in [2.75, 3.05) is 25.0 Å². The van der Waals surface area contributed by atoms with Gasteiger partial charge in [-0.3, -0.25) is 4.90 Å². The van der Waals surface area contributed by atoms with Gasteiger partial charge in [0.2, 0.25) is 0 Å². The van der Waals surface area contributed by atoms with Crippen LogP contribution in [0, 0.1) is 6.92 Å². The molecule has 3 heterocycles. The van der Waals surface area contributed by atoms with E-state index < -0.39 is 0 Å². The molecule has 1 aliphatic heterocycles. The molecule has 112 valence electrons. The van der Waals surface area contributed by atoms with Crippen LogP contribution >= 0.6 is 27.3 Å². The molecule has 1 saturated heterocycles. The first-order valence-corrected chi connectivity index (χ1v) is 8.76. The highest BCUT2D eigenvalue weighted by Crippen LogP contribution is 2.25. The summed E-state index contributed by atoms with van der Waals surface area (Å²) in [5, 5.41) is 2.15. The zero-order chi connectivity index (χ0) is 14.8. The minimum absolute atomic E-state index is 0.530. The van der Waals surface area contributed by atoms with E-state index in [9.17, 15) is 0 Å². The molecule has 0 aromatic carbocycles. The van der Waals surface area contributed by atoms with Crippen LogP contribution in [0.4, 0.5) is 5.82 Å². The standard InChI is InChI=1S/C15H19BrN4S/c1-11-5-15(18-10-17-11)19(2)13-3-4-20(7-13)8-14-6-12(16)9-21-14/h5-6,9-10,13H,3-4,7-8H2,1-2H3. The van der Waals surface area contributed by atoms with Crippen LogP contribution in [-0.2, 0) is 6.54 Å². The zero-order valence-corrected chi connectivity index (χ0v) is 14.7. The van der Waals surface area contributed by atoms with Crippen molar-refractivity contribution in [3.8, 4) is 0 Å². The number of hydrogen-bond donors (Lipinski definition) is 0. The number of likely N-dealkylation sites (N-methyl/N-ethyl adjacent to an activating group) is 1.